The van der Waals surface area contributed by atoms with Crippen LogP contribution in [0.15, 0.2) is 48.5 Å². The van der Waals surface area contributed by atoms with Crippen molar-refractivity contribution in [2.45, 2.75) is 19.4 Å². The van der Waals surface area contributed by atoms with Gasteiger partial charge in [0.15, 0.2) is 0 Å². The van der Waals surface area contributed by atoms with Crippen LogP contribution in [0.4, 0.5) is 11.4 Å². The van der Waals surface area contributed by atoms with Gasteiger partial charge in [-0.3, -0.25) is 14.6 Å². The third-order valence-electron chi connectivity index (χ3n) is 6.02. The highest BCUT2D eigenvalue weighted by Crippen LogP contribution is 2.20. The Balaban J connectivity index is 1.20. The van der Waals surface area contributed by atoms with Crippen LogP contribution < -0.4 is 15.0 Å². The molecular formula is C24H32N4O2. The maximum absolute atomic E-state index is 12.5. The van der Waals surface area contributed by atoms with Crippen LogP contribution >= 0.6 is 0 Å². The van der Waals surface area contributed by atoms with E-state index < -0.39 is 0 Å². The number of anilines is 2. The SMILES string of the molecule is COc1ccc(N2CCN(CC(=O)Nc3ccc(CN4CCCC4)cc3)CC2)cc1. The van der Waals surface area contributed by atoms with Crippen molar-refractivity contribution in [1.82, 2.24) is 9.80 Å². The first-order valence-corrected chi connectivity index (χ1v) is 10.9. The molecule has 0 unspecified atom stereocenters. The van der Waals surface area contributed by atoms with Gasteiger partial charge in [-0.1, -0.05) is 12.1 Å². The Hall–Kier alpha value is -2.57. The molecule has 0 atom stereocenters. The average molecular weight is 409 g/mol. The number of amides is 1. The van der Waals surface area contributed by atoms with Crippen molar-refractivity contribution in [3.8, 4) is 5.75 Å². The Bertz CT molecular complexity index is 808. The number of piperazine rings is 1. The average Bonchev–Trinajstić information content (AvgIpc) is 3.29. The lowest BCUT2D eigenvalue weighted by atomic mass is 10.2. The third kappa shape index (κ3) is 5.52. The molecule has 0 spiro atoms. The standard InChI is InChI=1S/C24H32N4O2/c1-30-23-10-8-22(9-11-23)28-16-14-27(15-17-28)19-24(29)25-21-6-4-20(5-7-21)18-26-12-2-3-13-26/h4-11H,2-3,12-19H2,1H3,(H,25,29). The van der Waals surface area contributed by atoms with Crippen LogP contribution in [0.1, 0.15) is 18.4 Å². The molecule has 2 aliphatic rings. The number of nitrogens with one attached hydrogen (secondary N) is 1. The molecule has 160 valence electrons. The molecule has 6 nitrogen and oxygen atoms in total. The number of carbonyl (C=O) groups excluding carboxylic acids is 1. The quantitative estimate of drug-likeness (QED) is 0.763. The first kappa shape index (κ1) is 20.7. The third-order valence-corrected chi connectivity index (χ3v) is 6.02. The number of rotatable bonds is 7. The van der Waals surface area contributed by atoms with Crippen molar-refractivity contribution in [2.75, 3.05) is 63.1 Å². The zero-order valence-electron chi connectivity index (χ0n) is 17.8. The van der Waals surface area contributed by atoms with Crippen LogP contribution in [-0.2, 0) is 11.3 Å². The number of nitrogens with zero attached hydrogens (tertiary/aromatic N) is 3. The van der Waals surface area contributed by atoms with Crippen molar-refractivity contribution in [1.29, 1.82) is 0 Å². The van der Waals surface area contributed by atoms with Crippen LogP contribution in [0, 0.1) is 0 Å². The van der Waals surface area contributed by atoms with E-state index >= 15 is 0 Å². The highest BCUT2D eigenvalue weighted by Gasteiger charge is 2.19. The molecule has 2 fully saturated rings. The maximum Gasteiger partial charge on any atom is 0.238 e. The van der Waals surface area contributed by atoms with Crippen LogP contribution in [-0.4, -0.2) is 68.6 Å². The predicted octanol–water partition coefficient (Wildman–Crippen LogP) is 3.05. The van der Waals surface area contributed by atoms with Gasteiger partial charge < -0.3 is 15.0 Å². The van der Waals surface area contributed by atoms with Crippen LogP contribution in [0.25, 0.3) is 0 Å². The molecule has 0 bridgehead atoms. The van der Waals surface area contributed by atoms with Crippen LogP contribution in [0.5, 0.6) is 5.75 Å². The summed E-state index contributed by atoms with van der Waals surface area (Å²) in [6.07, 6.45) is 2.62. The monoisotopic (exact) mass is 408 g/mol. The Morgan fingerprint density at radius 1 is 0.867 bits per heavy atom. The van der Waals surface area contributed by atoms with E-state index in [0.29, 0.717) is 6.54 Å². The van der Waals surface area contributed by atoms with Gasteiger partial charge in [-0.15, -0.1) is 0 Å². The number of ether oxygens (including phenoxy) is 1. The number of likely N-dealkylation sites (tertiary alicyclic amines) is 1. The molecule has 0 aromatic heterocycles. The molecule has 6 heteroatoms. The Morgan fingerprint density at radius 3 is 2.17 bits per heavy atom. The fourth-order valence-electron chi connectivity index (χ4n) is 4.25. The van der Waals surface area contributed by atoms with Gasteiger partial charge in [-0.05, 0) is 67.9 Å². The Kier molecular flexibility index (Phi) is 6.87. The fraction of sp³-hybridized carbons (Fsp3) is 0.458. The van der Waals surface area contributed by atoms with Crippen molar-refractivity contribution < 1.29 is 9.53 Å². The number of methoxy groups -OCH3 is 1. The Morgan fingerprint density at radius 2 is 1.53 bits per heavy atom. The smallest absolute Gasteiger partial charge is 0.238 e. The van der Waals surface area contributed by atoms with E-state index in [9.17, 15) is 4.79 Å². The first-order valence-electron chi connectivity index (χ1n) is 10.9. The van der Waals surface area contributed by atoms with Gasteiger partial charge in [-0.2, -0.15) is 0 Å². The number of hydrogen-bond acceptors (Lipinski definition) is 5. The summed E-state index contributed by atoms with van der Waals surface area (Å²) in [5.41, 5.74) is 3.39. The fourth-order valence-corrected chi connectivity index (χ4v) is 4.25. The van der Waals surface area contributed by atoms with E-state index in [0.717, 1.165) is 44.2 Å². The molecule has 1 N–H and O–H groups in total. The normalized spacial score (nSPS) is 17.8. The summed E-state index contributed by atoms with van der Waals surface area (Å²) in [5.74, 6) is 0.929. The maximum atomic E-state index is 12.5. The first-order chi connectivity index (χ1) is 14.7. The van der Waals surface area contributed by atoms with Crippen molar-refractivity contribution in [2.24, 2.45) is 0 Å². The molecular weight excluding hydrogens is 376 g/mol. The summed E-state index contributed by atoms with van der Waals surface area (Å²) in [6.45, 7) is 7.45. The zero-order valence-corrected chi connectivity index (χ0v) is 17.8. The van der Waals surface area contributed by atoms with Gasteiger partial charge in [0.1, 0.15) is 5.75 Å². The molecule has 0 radical (unpaired) electrons. The molecule has 1 amide bonds. The second kappa shape index (κ2) is 9.96. The van der Waals surface area contributed by atoms with Gasteiger partial charge in [-0.25, -0.2) is 0 Å². The second-order valence-electron chi connectivity index (χ2n) is 8.19. The van der Waals surface area contributed by atoms with E-state index in [1.54, 1.807) is 7.11 Å². The summed E-state index contributed by atoms with van der Waals surface area (Å²) in [4.78, 5) is 19.5. The largest absolute Gasteiger partial charge is 0.497 e. The van der Waals surface area contributed by atoms with Crippen LogP contribution in [0.3, 0.4) is 0 Å². The molecule has 0 aliphatic carbocycles. The Labute approximate surface area is 179 Å². The number of benzene rings is 2. The van der Waals surface area contributed by atoms with Gasteiger partial charge in [0.05, 0.1) is 13.7 Å². The van der Waals surface area contributed by atoms with E-state index in [1.165, 1.54) is 37.2 Å². The lowest BCUT2D eigenvalue weighted by Crippen LogP contribution is -2.48. The highest BCUT2D eigenvalue weighted by molar-refractivity contribution is 5.92. The minimum absolute atomic E-state index is 0.0557. The van der Waals surface area contributed by atoms with E-state index in [-0.39, 0.29) is 5.91 Å². The highest BCUT2D eigenvalue weighted by atomic mass is 16.5. The topological polar surface area (TPSA) is 48.1 Å². The molecule has 2 aromatic rings. The lowest BCUT2D eigenvalue weighted by Gasteiger charge is -2.35. The van der Waals surface area contributed by atoms with Gasteiger partial charge in [0.25, 0.3) is 0 Å². The van der Waals surface area contributed by atoms with Crippen LogP contribution in [0.2, 0.25) is 0 Å². The van der Waals surface area contributed by atoms with E-state index in [4.69, 9.17) is 4.74 Å². The summed E-state index contributed by atoms with van der Waals surface area (Å²) in [6, 6.07) is 16.5. The molecule has 0 saturated carbocycles. The van der Waals surface area contributed by atoms with Gasteiger partial charge in [0.2, 0.25) is 5.91 Å². The lowest BCUT2D eigenvalue weighted by molar-refractivity contribution is -0.117. The molecule has 4 rings (SSSR count). The van der Waals surface area contributed by atoms with E-state index in [2.05, 4.69) is 44.3 Å². The summed E-state index contributed by atoms with van der Waals surface area (Å²) in [5, 5.41) is 3.04. The minimum atomic E-state index is 0.0557. The summed E-state index contributed by atoms with van der Waals surface area (Å²) < 4.78 is 5.23. The summed E-state index contributed by atoms with van der Waals surface area (Å²) >= 11 is 0. The molecule has 30 heavy (non-hydrogen) atoms. The molecule has 2 saturated heterocycles. The molecule has 2 aliphatic heterocycles. The van der Waals surface area contributed by atoms with Crippen molar-refractivity contribution >= 4 is 17.3 Å². The number of hydrogen-bond donors (Lipinski definition) is 1. The second-order valence-corrected chi connectivity index (χ2v) is 8.19. The van der Waals surface area contributed by atoms with Gasteiger partial charge in [0, 0.05) is 44.1 Å². The van der Waals surface area contributed by atoms with Gasteiger partial charge >= 0.3 is 0 Å². The number of carbonyl (C=O) groups is 1. The van der Waals surface area contributed by atoms with E-state index in [1.807, 2.05) is 24.3 Å². The van der Waals surface area contributed by atoms with Crippen molar-refractivity contribution in [3.05, 3.63) is 54.1 Å². The zero-order chi connectivity index (χ0) is 20.8. The van der Waals surface area contributed by atoms with Crippen molar-refractivity contribution in [3.63, 3.8) is 0 Å². The predicted molar refractivity (Wildman–Crippen MR) is 121 cm³/mol. The minimum Gasteiger partial charge on any atom is -0.497 e. The molecule has 2 heterocycles. The summed E-state index contributed by atoms with van der Waals surface area (Å²) in [7, 11) is 1.68. The molecule has 2 aromatic carbocycles.